The third-order valence-electron chi connectivity index (χ3n) is 4.89. The molecule has 0 fully saturated rings. The number of ether oxygens (including phenoxy) is 2. The number of aryl methyl sites for hydroxylation is 1. The Labute approximate surface area is 172 Å². The van der Waals surface area contributed by atoms with Gasteiger partial charge in [0.25, 0.3) is 5.91 Å². The van der Waals surface area contributed by atoms with E-state index in [0.717, 1.165) is 11.1 Å². The van der Waals surface area contributed by atoms with Crippen molar-refractivity contribution in [1.82, 2.24) is 10.2 Å². The average molecular weight is 399 g/mol. The van der Waals surface area contributed by atoms with Gasteiger partial charge in [-0.05, 0) is 36.6 Å². The zero-order valence-electron chi connectivity index (χ0n) is 18.0. The Bertz CT molecular complexity index is 864. The van der Waals surface area contributed by atoms with Crippen molar-refractivity contribution < 1.29 is 19.1 Å². The molecule has 0 spiro atoms. The van der Waals surface area contributed by atoms with Crippen molar-refractivity contribution in [1.29, 1.82) is 0 Å². The van der Waals surface area contributed by atoms with Crippen molar-refractivity contribution in [3.8, 4) is 11.5 Å². The maximum atomic E-state index is 13.1. The highest BCUT2D eigenvalue weighted by Crippen LogP contribution is 2.26. The first-order valence-electron chi connectivity index (χ1n) is 9.60. The van der Waals surface area contributed by atoms with Gasteiger partial charge in [0.15, 0.2) is 0 Å². The Morgan fingerprint density at radius 3 is 2.34 bits per heavy atom. The molecule has 1 N–H and O–H groups in total. The number of carbonyl (C=O) groups excluding carboxylic acids is 2. The van der Waals surface area contributed by atoms with E-state index in [9.17, 15) is 9.59 Å². The minimum atomic E-state index is -0.628. The Morgan fingerprint density at radius 1 is 1.07 bits per heavy atom. The summed E-state index contributed by atoms with van der Waals surface area (Å²) in [6.07, 6.45) is 0. The molecule has 2 rings (SSSR count). The molecule has 0 heterocycles. The molecule has 156 valence electrons. The number of amides is 2. The average Bonchev–Trinajstić information content (AvgIpc) is 2.71. The molecule has 0 aliphatic heterocycles. The van der Waals surface area contributed by atoms with Crippen LogP contribution in [0.1, 0.15) is 35.3 Å². The highest BCUT2D eigenvalue weighted by atomic mass is 16.5. The summed E-state index contributed by atoms with van der Waals surface area (Å²) in [7, 11) is 4.90. The van der Waals surface area contributed by atoms with E-state index in [2.05, 4.69) is 5.32 Å². The maximum Gasteiger partial charge on any atom is 0.252 e. The zero-order chi connectivity index (χ0) is 21.6. The first kappa shape index (κ1) is 22.3. The first-order valence-corrected chi connectivity index (χ1v) is 9.60. The Morgan fingerprint density at radius 2 is 1.76 bits per heavy atom. The van der Waals surface area contributed by atoms with Crippen LogP contribution >= 0.6 is 0 Å². The molecule has 0 bridgehead atoms. The summed E-state index contributed by atoms with van der Waals surface area (Å²) in [6.45, 7) is 6.07. The normalized spacial score (nSPS) is 11.7. The molecule has 2 aromatic carbocycles. The molecule has 0 aliphatic carbocycles. The fourth-order valence-electron chi connectivity index (χ4n) is 3.11. The van der Waals surface area contributed by atoms with Crippen LogP contribution in [0.4, 0.5) is 0 Å². The first-order chi connectivity index (χ1) is 13.8. The second-order valence-electron chi connectivity index (χ2n) is 7.38. The van der Waals surface area contributed by atoms with Crippen LogP contribution in [0.3, 0.4) is 0 Å². The number of nitrogens with one attached hydrogen (secondary N) is 1. The van der Waals surface area contributed by atoms with Gasteiger partial charge in [-0.15, -0.1) is 0 Å². The van der Waals surface area contributed by atoms with Crippen LogP contribution in [0, 0.1) is 12.8 Å². The third kappa shape index (κ3) is 5.50. The zero-order valence-corrected chi connectivity index (χ0v) is 18.0. The van der Waals surface area contributed by atoms with Gasteiger partial charge < -0.3 is 19.7 Å². The molecule has 1 atom stereocenters. The summed E-state index contributed by atoms with van der Waals surface area (Å²) in [5.41, 5.74) is 2.30. The number of benzene rings is 2. The molecular formula is C23H30N2O4. The van der Waals surface area contributed by atoms with Crippen LogP contribution in [0.2, 0.25) is 0 Å². The molecular weight excluding hydrogens is 368 g/mol. The molecule has 1 unspecified atom stereocenters. The van der Waals surface area contributed by atoms with Gasteiger partial charge in [-0.2, -0.15) is 0 Å². The second kappa shape index (κ2) is 9.96. The van der Waals surface area contributed by atoms with Crippen LogP contribution in [-0.4, -0.2) is 44.0 Å². The lowest BCUT2D eigenvalue weighted by Crippen LogP contribution is -2.50. The predicted molar refractivity (Wildman–Crippen MR) is 113 cm³/mol. The summed E-state index contributed by atoms with van der Waals surface area (Å²) in [5.74, 6) is 0.875. The Hall–Kier alpha value is -3.02. The van der Waals surface area contributed by atoms with Crippen molar-refractivity contribution in [2.45, 2.75) is 33.4 Å². The lowest BCUT2D eigenvalue weighted by atomic mass is 10.0. The minimum Gasteiger partial charge on any atom is -0.497 e. The van der Waals surface area contributed by atoms with Gasteiger partial charge in [0.05, 0.1) is 14.2 Å². The van der Waals surface area contributed by atoms with E-state index in [1.165, 1.54) is 0 Å². The molecule has 2 amide bonds. The molecule has 6 nitrogen and oxygen atoms in total. The van der Waals surface area contributed by atoms with Gasteiger partial charge in [0.1, 0.15) is 17.5 Å². The Balaban J connectivity index is 2.16. The van der Waals surface area contributed by atoms with E-state index >= 15 is 0 Å². The van der Waals surface area contributed by atoms with Crippen LogP contribution in [0.5, 0.6) is 11.5 Å². The number of hydrogen-bond acceptors (Lipinski definition) is 4. The van der Waals surface area contributed by atoms with E-state index in [1.807, 2.05) is 51.1 Å². The predicted octanol–water partition coefficient (Wildman–Crippen LogP) is 3.43. The summed E-state index contributed by atoms with van der Waals surface area (Å²) in [5, 5.41) is 2.91. The number of hydrogen-bond donors (Lipinski definition) is 1. The number of likely N-dealkylation sites (N-methyl/N-ethyl adjacent to an activating group) is 1. The second-order valence-corrected chi connectivity index (χ2v) is 7.38. The van der Waals surface area contributed by atoms with Crippen LogP contribution in [0.15, 0.2) is 42.5 Å². The lowest BCUT2D eigenvalue weighted by Gasteiger charge is -2.28. The Kier molecular flexibility index (Phi) is 7.65. The molecule has 2 aromatic rings. The number of carbonyl (C=O) groups is 2. The SMILES string of the molecule is COc1ccc(CN(C)C(=O)C(NC(=O)c2ccccc2C)C(C)C)c(OC)c1. The van der Waals surface area contributed by atoms with Crippen molar-refractivity contribution in [3.05, 3.63) is 59.2 Å². The van der Waals surface area contributed by atoms with Gasteiger partial charge in [-0.1, -0.05) is 32.0 Å². The number of methoxy groups -OCH3 is 2. The van der Waals surface area contributed by atoms with Crippen molar-refractivity contribution in [3.63, 3.8) is 0 Å². The molecule has 6 heteroatoms. The van der Waals surface area contributed by atoms with Gasteiger partial charge in [0.2, 0.25) is 5.91 Å². The molecule has 0 saturated carbocycles. The fourth-order valence-corrected chi connectivity index (χ4v) is 3.11. The smallest absolute Gasteiger partial charge is 0.252 e. The van der Waals surface area contributed by atoms with E-state index < -0.39 is 6.04 Å². The quantitative estimate of drug-likeness (QED) is 0.740. The highest BCUT2D eigenvalue weighted by Gasteiger charge is 2.28. The standard InChI is InChI=1S/C23H30N2O4/c1-15(2)21(24-22(26)19-10-8-7-9-16(19)3)23(27)25(4)14-17-11-12-18(28-5)13-20(17)29-6/h7-13,15,21H,14H2,1-6H3,(H,24,26). The van der Waals surface area contributed by atoms with Crippen LogP contribution < -0.4 is 14.8 Å². The highest BCUT2D eigenvalue weighted by molar-refractivity contribution is 5.98. The summed E-state index contributed by atoms with van der Waals surface area (Å²) in [6, 6.07) is 12.2. The molecule has 29 heavy (non-hydrogen) atoms. The van der Waals surface area contributed by atoms with Crippen molar-refractivity contribution >= 4 is 11.8 Å². The molecule has 0 saturated heterocycles. The third-order valence-corrected chi connectivity index (χ3v) is 4.89. The summed E-state index contributed by atoms with van der Waals surface area (Å²) >= 11 is 0. The van der Waals surface area contributed by atoms with Crippen molar-refractivity contribution in [2.24, 2.45) is 5.92 Å². The molecule has 0 aromatic heterocycles. The lowest BCUT2D eigenvalue weighted by molar-refractivity contribution is -0.133. The van der Waals surface area contributed by atoms with Crippen LogP contribution in [0.25, 0.3) is 0 Å². The largest absolute Gasteiger partial charge is 0.497 e. The van der Waals surface area contributed by atoms with Crippen LogP contribution in [-0.2, 0) is 11.3 Å². The van der Waals surface area contributed by atoms with Gasteiger partial charge in [-0.25, -0.2) is 0 Å². The minimum absolute atomic E-state index is 0.0596. The van der Waals surface area contributed by atoms with Gasteiger partial charge >= 0.3 is 0 Å². The molecule has 0 aliphatic rings. The number of rotatable bonds is 8. The van der Waals surface area contributed by atoms with E-state index in [1.54, 1.807) is 38.3 Å². The van der Waals surface area contributed by atoms with Crippen molar-refractivity contribution in [2.75, 3.05) is 21.3 Å². The maximum absolute atomic E-state index is 13.1. The molecule has 0 radical (unpaired) electrons. The van der Waals surface area contributed by atoms with Gasteiger partial charge in [-0.3, -0.25) is 9.59 Å². The summed E-state index contributed by atoms with van der Waals surface area (Å²) < 4.78 is 10.6. The van der Waals surface area contributed by atoms with Gasteiger partial charge in [0, 0.05) is 30.8 Å². The fraction of sp³-hybridized carbons (Fsp3) is 0.391. The van der Waals surface area contributed by atoms with E-state index in [0.29, 0.717) is 23.6 Å². The van der Waals surface area contributed by atoms with E-state index in [4.69, 9.17) is 9.47 Å². The van der Waals surface area contributed by atoms with E-state index in [-0.39, 0.29) is 17.7 Å². The number of nitrogens with zero attached hydrogens (tertiary/aromatic N) is 1. The topological polar surface area (TPSA) is 67.9 Å². The monoisotopic (exact) mass is 398 g/mol. The summed E-state index contributed by atoms with van der Waals surface area (Å²) in [4.78, 5) is 27.4.